The highest BCUT2D eigenvalue weighted by Gasteiger charge is 2.43. The Labute approximate surface area is 512 Å². The fourth-order valence-electron chi connectivity index (χ4n) is 10.8. The molecule has 5 aromatic rings. The smallest absolute Gasteiger partial charge is 0.409 e. The van der Waals surface area contributed by atoms with Gasteiger partial charge in [-0.2, -0.15) is 5.10 Å². The predicted molar refractivity (Wildman–Crippen MR) is 322 cm³/mol. The van der Waals surface area contributed by atoms with E-state index >= 15 is 0 Å². The molecule has 476 valence electrons. The summed E-state index contributed by atoms with van der Waals surface area (Å²) in [6, 6.07) is 20.5. The highest BCUT2D eigenvalue weighted by atomic mass is 19.1. The van der Waals surface area contributed by atoms with Crippen molar-refractivity contribution >= 4 is 35.5 Å². The van der Waals surface area contributed by atoms with Crippen molar-refractivity contribution in [1.82, 2.24) is 35.5 Å². The minimum atomic E-state index is -0.893. The highest BCUT2D eigenvalue weighted by Crippen LogP contribution is 2.36. The fraction of sp³-hybridized carbons (Fsp3) is 0.500. The summed E-state index contributed by atoms with van der Waals surface area (Å²) in [5, 5.41) is 13.9. The summed E-state index contributed by atoms with van der Waals surface area (Å²) in [4.78, 5) is 71.1. The van der Waals surface area contributed by atoms with Crippen molar-refractivity contribution < 1.29 is 70.6 Å². The van der Waals surface area contributed by atoms with Gasteiger partial charge in [0.25, 0.3) is 5.91 Å². The van der Waals surface area contributed by atoms with Gasteiger partial charge in [0.2, 0.25) is 17.7 Å². The Morgan fingerprint density at radius 2 is 1.40 bits per heavy atom. The van der Waals surface area contributed by atoms with Crippen LogP contribution < -0.4 is 36.9 Å². The zero-order chi connectivity index (χ0) is 62.7. The number of halogens is 2. The van der Waals surface area contributed by atoms with Gasteiger partial charge in [-0.15, -0.1) is 0 Å². The summed E-state index contributed by atoms with van der Waals surface area (Å²) in [6.07, 6.45) is 3.75. The number of carbonyl (C=O) groups is 5. The molecule has 88 heavy (non-hydrogen) atoms. The quantitative estimate of drug-likeness (QED) is 0.0295. The maximum atomic E-state index is 14.7. The van der Waals surface area contributed by atoms with Crippen molar-refractivity contribution in [2.45, 2.75) is 103 Å². The number of hydrogen-bond acceptors (Lipinski definition) is 16. The van der Waals surface area contributed by atoms with Crippen molar-refractivity contribution in [3.8, 4) is 28.5 Å². The number of nitrogen functional groups attached to an aromatic ring is 1. The Morgan fingerprint density at radius 3 is 2.05 bits per heavy atom. The Morgan fingerprint density at radius 1 is 0.750 bits per heavy atom. The van der Waals surface area contributed by atoms with Crippen molar-refractivity contribution in [1.29, 1.82) is 0 Å². The minimum absolute atomic E-state index is 0.0181. The average molecular weight is 1220 g/mol. The number of nitrogens with one attached hydrogen (secondary N) is 3. The van der Waals surface area contributed by atoms with Gasteiger partial charge in [-0.1, -0.05) is 51.1 Å². The molecule has 1 saturated heterocycles. The summed E-state index contributed by atoms with van der Waals surface area (Å²) < 4.78 is 74.3. The SMILES string of the molecule is CNC(C)C(=O)NC(C(=O)N1Cc2cc(OCCOCCOCCOCCOCCOCCOC(=O)N3CCCC(n4nc(-c5ccc(Oc6ccc(F)cc6F)cc5)c(C(N)=O)c4N)C3)ccc2CC1C(=O)NC1CCCc2ccccc21)C(C)(C)C. The number of likely N-dealkylation sites (N-methyl/N-ethyl adjacent to an activating group) is 1. The van der Waals surface area contributed by atoms with Crippen molar-refractivity contribution in [3.63, 3.8) is 0 Å². The number of hydrogen-bond donors (Lipinski definition) is 5. The van der Waals surface area contributed by atoms with Gasteiger partial charge >= 0.3 is 6.09 Å². The second-order valence-corrected chi connectivity index (χ2v) is 23.0. The van der Waals surface area contributed by atoms with E-state index in [2.05, 4.69) is 33.2 Å². The second-order valence-electron chi connectivity index (χ2n) is 23.0. The molecule has 1 aromatic heterocycles. The molecule has 0 spiro atoms. The van der Waals surface area contributed by atoms with Crippen molar-refractivity contribution in [2.24, 2.45) is 11.1 Å². The fourth-order valence-corrected chi connectivity index (χ4v) is 10.8. The highest BCUT2D eigenvalue weighted by molar-refractivity contribution is 6.03. The Hall–Kier alpha value is -7.74. The van der Waals surface area contributed by atoms with E-state index in [1.165, 1.54) is 16.3 Å². The van der Waals surface area contributed by atoms with Gasteiger partial charge in [0.15, 0.2) is 11.6 Å². The van der Waals surface area contributed by atoms with Gasteiger partial charge in [-0.25, -0.2) is 18.3 Å². The zero-order valence-electron chi connectivity index (χ0n) is 50.8. The van der Waals surface area contributed by atoms with Crippen molar-refractivity contribution in [2.75, 3.05) is 105 Å². The molecule has 22 nitrogen and oxygen atoms in total. The number of carbonyl (C=O) groups excluding carboxylic acids is 5. The molecule has 0 saturated carbocycles. The van der Waals surface area contributed by atoms with Crippen LogP contribution >= 0.6 is 0 Å². The van der Waals surface area contributed by atoms with Gasteiger partial charge in [-0.3, -0.25) is 19.2 Å². The van der Waals surface area contributed by atoms with E-state index in [9.17, 15) is 32.8 Å². The third-order valence-corrected chi connectivity index (χ3v) is 15.7. The molecule has 1 fully saturated rings. The molecular formula is C64H83F2N9O13. The first-order chi connectivity index (χ1) is 42.4. The Balaban J connectivity index is 0.670. The van der Waals surface area contributed by atoms with Crippen LogP contribution in [0.4, 0.5) is 19.4 Å². The lowest BCUT2D eigenvalue weighted by molar-refractivity contribution is -0.147. The number of likely N-dealkylation sites (tertiary alicyclic amines) is 1. The number of aryl methyl sites for hydroxylation is 1. The van der Waals surface area contributed by atoms with Crippen LogP contribution in [0.2, 0.25) is 0 Å². The maximum Gasteiger partial charge on any atom is 0.409 e. The average Bonchev–Trinajstić information content (AvgIpc) is 1.48. The molecular weight excluding hydrogens is 1140 g/mol. The van der Waals surface area contributed by atoms with Crippen LogP contribution in [0.15, 0.2) is 84.9 Å². The first kappa shape index (κ1) is 66.2. The first-order valence-electron chi connectivity index (χ1n) is 30.0. The first-order valence-corrected chi connectivity index (χ1v) is 30.0. The molecule has 5 atom stereocenters. The lowest BCUT2D eigenvalue weighted by Gasteiger charge is -2.41. The molecule has 3 heterocycles. The molecule has 0 radical (unpaired) electrons. The van der Waals surface area contributed by atoms with E-state index in [1.807, 2.05) is 51.1 Å². The summed E-state index contributed by atoms with van der Waals surface area (Å²) in [5.41, 5.74) is 16.4. The molecule has 7 N–H and O–H groups in total. The van der Waals surface area contributed by atoms with E-state index in [0.717, 1.165) is 48.1 Å². The summed E-state index contributed by atoms with van der Waals surface area (Å²) in [7, 11) is 1.69. The number of amides is 5. The van der Waals surface area contributed by atoms with Gasteiger partial charge < -0.3 is 75.1 Å². The topological polar surface area (TPSA) is 272 Å². The van der Waals surface area contributed by atoms with Gasteiger partial charge in [0, 0.05) is 37.7 Å². The van der Waals surface area contributed by atoms with E-state index in [-0.39, 0.29) is 97.9 Å². The number of anilines is 1. The van der Waals surface area contributed by atoms with Gasteiger partial charge in [-0.05, 0) is 122 Å². The monoisotopic (exact) mass is 1220 g/mol. The number of aromatic nitrogens is 2. The Bertz CT molecular complexity index is 3160. The largest absolute Gasteiger partial charge is 0.491 e. The second kappa shape index (κ2) is 32.0. The van der Waals surface area contributed by atoms with Crippen LogP contribution in [-0.4, -0.2) is 167 Å². The molecule has 5 amide bonds. The summed E-state index contributed by atoms with van der Waals surface area (Å²) >= 11 is 0. The lowest BCUT2D eigenvalue weighted by Crippen LogP contribution is -2.62. The summed E-state index contributed by atoms with van der Waals surface area (Å²) in [6.45, 7) is 11.9. The van der Waals surface area contributed by atoms with Crippen LogP contribution in [0.3, 0.4) is 0 Å². The third kappa shape index (κ3) is 18.0. The normalized spacial score (nSPS) is 17.3. The van der Waals surface area contributed by atoms with Gasteiger partial charge in [0.05, 0.1) is 84.2 Å². The van der Waals surface area contributed by atoms with E-state index in [4.69, 9.17) is 49.4 Å². The Kier molecular flexibility index (Phi) is 24.0. The van der Waals surface area contributed by atoms with Crippen LogP contribution in [-0.2, 0) is 62.2 Å². The molecule has 4 aromatic carbocycles. The molecule has 3 aliphatic rings. The molecule has 5 unspecified atom stereocenters. The number of nitrogens with zero attached hydrogens (tertiary/aromatic N) is 4. The van der Waals surface area contributed by atoms with Crippen molar-refractivity contribution in [3.05, 3.63) is 124 Å². The number of fused-ring (bicyclic) bond motifs is 2. The molecule has 24 heteroatoms. The minimum Gasteiger partial charge on any atom is -0.491 e. The number of rotatable bonds is 30. The summed E-state index contributed by atoms with van der Waals surface area (Å²) in [5.74, 6) is -2.47. The van der Waals surface area contributed by atoms with E-state index in [1.54, 1.807) is 48.0 Å². The van der Waals surface area contributed by atoms with Gasteiger partial charge in [0.1, 0.15) is 59.7 Å². The molecule has 1 aliphatic carbocycles. The van der Waals surface area contributed by atoms with Crippen LogP contribution in [0.25, 0.3) is 11.3 Å². The number of primary amides is 1. The number of benzene rings is 4. The standard InChI is InChI=1S/C64H83F2N9O13/c1-41(69-5)60(77)71-57(64(2,3)4)62(79)74-39-45-36-49(21-17-44(45)37-53(74)61(78)70-52-14-8-11-42-10-6-7-13-50(42)52)86-34-32-84-30-28-82-26-24-81-25-27-83-29-31-85-33-35-87-63(80)73-23-9-12-47(40-73)75-58(67)55(59(68)76)56(72-75)43-15-19-48(20-16-43)88-54-22-18-46(65)38-51(54)66/h6-7,10,13,15-22,36,38,41,47,52-53,57,69H,8-9,11-12,14,23-35,37,39-40,67H2,1-5H3,(H2,68,76)(H,70,78)(H,71,77). The third-order valence-electron chi connectivity index (χ3n) is 15.7. The lowest BCUT2D eigenvalue weighted by atomic mass is 9.83. The number of piperidine rings is 1. The van der Waals surface area contributed by atoms with Crippen LogP contribution in [0, 0.1) is 17.0 Å². The van der Waals surface area contributed by atoms with Crippen LogP contribution in [0.5, 0.6) is 17.2 Å². The predicted octanol–water partition coefficient (Wildman–Crippen LogP) is 6.82. The maximum absolute atomic E-state index is 14.7. The van der Waals surface area contributed by atoms with E-state index in [0.29, 0.717) is 90.0 Å². The molecule has 0 bridgehead atoms. The number of nitrogens with two attached hydrogens (primary N) is 2. The zero-order valence-corrected chi connectivity index (χ0v) is 50.8. The number of ether oxygens (including phenoxy) is 8. The van der Waals surface area contributed by atoms with Crippen LogP contribution in [0.1, 0.15) is 98.1 Å². The van der Waals surface area contributed by atoms with E-state index < -0.39 is 47.2 Å². The molecule has 2 aliphatic heterocycles. The molecule has 8 rings (SSSR count).